The lowest BCUT2D eigenvalue weighted by Gasteiger charge is -2.24. The maximum Gasteiger partial charge on any atom is 0.226 e. The van der Waals surface area contributed by atoms with Gasteiger partial charge < -0.3 is 9.88 Å². The SMILES string of the molecule is CN(c1nc(Cl)nc2nc[nH]c12)C1CCSC1. The standard InChI is InChI=1S/C10H12ClN5S/c1-16(6-2-3-17-4-6)9-7-8(13-5-12-7)14-10(11)15-9/h5-6H,2-4H2,1H3,(H,12,13,14,15). The Morgan fingerprint density at radius 2 is 2.41 bits per heavy atom. The van der Waals surface area contributed by atoms with E-state index in [-0.39, 0.29) is 5.28 Å². The van der Waals surface area contributed by atoms with Crippen molar-refractivity contribution < 1.29 is 0 Å². The molecule has 0 amide bonds. The lowest BCUT2D eigenvalue weighted by molar-refractivity contribution is 0.693. The third kappa shape index (κ3) is 1.95. The fourth-order valence-corrected chi connectivity index (χ4v) is 3.48. The molecule has 0 bridgehead atoms. The predicted molar refractivity (Wildman–Crippen MR) is 70.8 cm³/mol. The molecule has 0 saturated carbocycles. The number of rotatable bonds is 2. The first-order chi connectivity index (χ1) is 8.25. The second-order valence-corrected chi connectivity index (χ2v) is 5.53. The van der Waals surface area contributed by atoms with E-state index in [0.29, 0.717) is 11.7 Å². The average Bonchev–Trinajstić information content (AvgIpc) is 2.97. The Kier molecular flexibility index (Phi) is 2.84. The van der Waals surface area contributed by atoms with Crippen LogP contribution in [-0.2, 0) is 0 Å². The molecule has 0 radical (unpaired) electrons. The number of H-pyrrole nitrogens is 1. The summed E-state index contributed by atoms with van der Waals surface area (Å²) >= 11 is 7.90. The zero-order valence-electron chi connectivity index (χ0n) is 9.35. The van der Waals surface area contributed by atoms with Crippen LogP contribution in [0.15, 0.2) is 6.33 Å². The molecule has 1 N–H and O–H groups in total. The van der Waals surface area contributed by atoms with Gasteiger partial charge in [0.05, 0.1) is 6.33 Å². The average molecular weight is 270 g/mol. The van der Waals surface area contributed by atoms with Crippen molar-refractivity contribution in [1.82, 2.24) is 19.9 Å². The molecule has 1 fully saturated rings. The largest absolute Gasteiger partial charge is 0.354 e. The fourth-order valence-electron chi connectivity index (χ4n) is 2.05. The molecule has 1 aliphatic heterocycles. The summed E-state index contributed by atoms with van der Waals surface area (Å²) in [4.78, 5) is 17.8. The predicted octanol–water partition coefficient (Wildman–Crippen LogP) is 1.95. The molecule has 17 heavy (non-hydrogen) atoms. The summed E-state index contributed by atoms with van der Waals surface area (Å²) in [6, 6.07) is 0.512. The highest BCUT2D eigenvalue weighted by Crippen LogP contribution is 2.28. The molecule has 0 aromatic carbocycles. The maximum absolute atomic E-state index is 5.92. The van der Waals surface area contributed by atoms with Gasteiger partial charge in [0.15, 0.2) is 11.5 Å². The first kappa shape index (κ1) is 11.1. The zero-order chi connectivity index (χ0) is 11.8. The number of aromatic amines is 1. The smallest absolute Gasteiger partial charge is 0.226 e. The van der Waals surface area contributed by atoms with Crippen LogP contribution in [0.4, 0.5) is 5.82 Å². The van der Waals surface area contributed by atoms with Crippen LogP contribution in [0.25, 0.3) is 11.2 Å². The summed E-state index contributed by atoms with van der Waals surface area (Å²) in [6.07, 6.45) is 2.80. The number of thioether (sulfide) groups is 1. The Morgan fingerprint density at radius 3 is 3.18 bits per heavy atom. The molecule has 3 rings (SSSR count). The maximum atomic E-state index is 5.92. The minimum atomic E-state index is 0.247. The monoisotopic (exact) mass is 269 g/mol. The Hall–Kier alpha value is -1.01. The zero-order valence-corrected chi connectivity index (χ0v) is 10.9. The van der Waals surface area contributed by atoms with E-state index in [2.05, 4.69) is 31.9 Å². The molecule has 5 nitrogen and oxygen atoms in total. The van der Waals surface area contributed by atoms with Gasteiger partial charge in [0.1, 0.15) is 5.52 Å². The summed E-state index contributed by atoms with van der Waals surface area (Å²) in [7, 11) is 2.05. The molecule has 2 aromatic heterocycles. The highest BCUT2D eigenvalue weighted by Gasteiger charge is 2.23. The van der Waals surface area contributed by atoms with Crippen LogP contribution in [0.5, 0.6) is 0 Å². The lowest BCUT2D eigenvalue weighted by Crippen LogP contribution is -2.32. The third-order valence-corrected chi connectivity index (χ3v) is 4.34. The number of hydrogen-bond donors (Lipinski definition) is 1. The number of imidazole rings is 1. The van der Waals surface area contributed by atoms with Crippen LogP contribution in [0.2, 0.25) is 5.28 Å². The van der Waals surface area contributed by atoms with Crippen molar-refractivity contribution in [3.8, 4) is 0 Å². The van der Waals surface area contributed by atoms with Crippen molar-refractivity contribution in [2.45, 2.75) is 12.5 Å². The Labute approximate surface area is 108 Å². The van der Waals surface area contributed by atoms with E-state index in [1.54, 1.807) is 6.33 Å². The van der Waals surface area contributed by atoms with Gasteiger partial charge in [-0.2, -0.15) is 21.7 Å². The highest BCUT2D eigenvalue weighted by atomic mass is 35.5. The van der Waals surface area contributed by atoms with Crippen LogP contribution in [0.3, 0.4) is 0 Å². The van der Waals surface area contributed by atoms with Gasteiger partial charge in [-0.3, -0.25) is 0 Å². The molecule has 2 aromatic rings. The minimum Gasteiger partial charge on any atom is -0.354 e. The molecule has 90 valence electrons. The van der Waals surface area contributed by atoms with E-state index in [1.807, 2.05) is 11.8 Å². The normalized spacial score (nSPS) is 20.0. The summed E-state index contributed by atoms with van der Waals surface area (Å²) in [5.74, 6) is 3.18. The van der Waals surface area contributed by atoms with Crippen LogP contribution in [-0.4, -0.2) is 44.5 Å². The number of anilines is 1. The van der Waals surface area contributed by atoms with Gasteiger partial charge in [-0.25, -0.2) is 4.98 Å². The second-order valence-electron chi connectivity index (χ2n) is 4.05. The van der Waals surface area contributed by atoms with Gasteiger partial charge in [0.25, 0.3) is 0 Å². The highest BCUT2D eigenvalue weighted by molar-refractivity contribution is 7.99. The van der Waals surface area contributed by atoms with E-state index in [1.165, 1.54) is 12.2 Å². The van der Waals surface area contributed by atoms with E-state index >= 15 is 0 Å². The molecule has 0 aliphatic carbocycles. The molecule has 1 unspecified atom stereocenters. The number of aromatic nitrogens is 4. The number of nitrogens with one attached hydrogen (secondary N) is 1. The van der Waals surface area contributed by atoms with Gasteiger partial charge in [0, 0.05) is 18.8 Å². The van der Waals surface area contributed by atoms with Crippen LogP contribution < -0.4 is 4.90 Å². The quantitative estimate of drug-likeness (QED) is 0.845. The van der Waals surface area contributed by atoms with E-state index in [0.717, 1.165) is 17.1 Å². The fraction of sp³-hybridized carbons (Fsp3) is 0.500. The van der Waals surface area contributed by atoms with Gasteiger partial charge in [-0.1, -0.05) is 0 Å². The van der Waals surface area contributed by atoms with Crippen molar-refractivity contribution in [3.63, 3.8) is 0 Å². The Bertz CT molecular complexity index is 536. The van der Waals surface area contributed by atoms with Crippen molar-refractivity contribution in [3.05, 3.63) is 11.6 Å². The molecule has 1 aliphatic rings. The topological polar surface area (TPSA) is 57.7 Å². The van der Waals surface area contributed by atoms with E-state index in [9.17, 15) is 0 Å². The molecule has 0 spiro atoms. The van der Waals surface area contributed by atoms with Gasteiger partial charge >= 0.3 is 0 Å². The molecule has 7 heteroatoms. The molecular formula is C10H12ClN5S. The summed E-state index contributed by atoms with van der Waals surface area (Å²) in [6.45, 7) is 0. The van der Waals surface area contributed by atoms with E-state index < -0.39 is 0 Å². The van der Waals surface area contributed by atoms with Crippen molar-refractivity contribution >= 4 is 40.3 Å². The molecule has 1 saturated heterocycles. The summed E-state index contributed by atoms with van der Waals surface area (Å²) in [5.41, 5.74) is 1.48. The van der Waals surface area contributed by atoms with E-state index in [4.69, 9.17) is 11.6 Å². The first-order valence-corrected chi connectivity index (χ1v) is 6.96. The van der Waals surface area contributed by atoms with Gasteiger partial charge in [-0.05, 0) is 23.8 Å². The van der Waals surface area contributed by atoms with Gasteiger partial charge in [-0.15, -0.1) is 0 Å². The number of nitrogens with zero attached hydrogens (tertiary/aromatic N) is 4. The van der Waals surface area contributed by atoms with Crippen molar-refractivity contribution in [1.29, 1.82) is 0 Å². The van der Waals surface area contributed by atoms with Gasteiger partial charge in [0.2, 0.25) is 5.28 Å². The van der Waals surface area contributed by atoms with Crippen molar-refractivity contribution in [2.75, 3.05) is 23.5 Å². The second kappa shape index (κ2) is 4.34. The molecule has 1 atom stereocenters. The number of hydrogen-bond acceptors (Lipinski definition) is 5. The molecule has 3 heterocycles. The van der Waals surface area contributed by atoms with Crippen LogP contribution >= 0.6 is 23.4 Å². The summed E-state index contributed by atoms with van der Waals surface area (Å²) in [5, 5.41) is 0.247. The Morgan fingerprint density at radius 1 is 1.53 bits per heavy atom. The Balaban J connectivity index is 2.05. The van der Waals surface area contributed by atoms with Crippen LogP contribution in [0.1, 0.15) is 6.42 Å². The van der Waals surface area contributed by atoms with Crippen LogP contribution in [0, 0.1) is 0 Å². The summed E-state index contributed by atoms with van der Waals surface area (Å²) < 4.78 is 0. The van der Waals surface area contributed by atoms with Crippen molar-refractivity contribution in [2.24, 2.45) is 0 Å². The minimum absolute atomic E-state index is 0.247. The number of fused-ring (bicyclic) bond motifs is 1. The molecular weight excluding hydrogens is 258 g/mol. The lowest BCUT2D eigenvalue weighted by atomic mass is 10.2. The third-order valence-electron chi connectivity index (χ3n) is 3.03. The first-order valence-electron chi connectivity index (χ1n) is 5.43. The number of halogens is 1.